The molecule has 0 aliphatic carbocycles. The van der Waals surface area contributed by atoms with Crippen LogP contribution in [0.2, 0.25) is 0 Å². The van der Waals surface area contributed by atoms with Gasteiger partial charge in [0.05, 0.1) is 5.69 Å². The largest absolute Gasteiger partial charge is 0.276 e. The van der Waals surface area contributed by atoms with Crippen molar-refractivity contribution in [2.75, 3.05) is 13.6 Å². The van der Waals surface area contributed by atoms with Crippen LogP contribution in [0.25, 0.3) is 10.6 Å². The highest BCUT2D eigenvalue weighted by atomic mass is 32.2. The summed E-state index contributed by atoms with van der Waals surface area (Å²) in [5, 5.41) is 2.84. The molecule has 0 amide bonds. The van der Waals surface area contributed by atoms with Crippen LogP contribution in [-0.2, 0) is 16.6 Å². The smallest absolute Gasteiger partial charge is 0.265 e. The van der Waals surface area contributed by atoms with E-state index in [4.69, 9.17) is 0 Å². The highest BCUT2D eigenvalue weighted by Gasteiger charge is 2.07. The third-order valence-electron chi connectivity index (χ3n) is 2.42. The van der Waals surface area contributed by atoms with Gasteiger partial charge >= 0.3 is 0 Å². The minimum atomic E-state index is -3.37. The van der Waals surface area contributed by atoms with E-state index in [-0.39, 0.29) is 0 Å². The van der Waals surface area contributed by atoms with E-state index in [0.29, 0.717) is 13.0 Å². The van der Waals surface area contributed by atoms with Gasteiger partial charge in [0, 0.05) is 43.4 Å². The number of hydrogen-bond acceptors (Lipinski definition) is 5. The standard InChI is InChI=1S/C11H14N4O2S2/c1-12-19(16,17)14-7-4-10-8-18-11(15-10)9-2-5-13-6-3-9/h2-3,5-6,8,12,14H,4,7H2,1H3. The Labute approximate surface area is 116 Å². The Morgan fingerprint density at radius 1 is 1.32 bits per heavy atom. The zero-order valence-corrected chi connectivity index (χ0v) is 12.0. The zero-order valence-electron chi connectivity index (χ0n) is 10.3. The summed E-state index contributed by atoms with van der Waals surface area (Å²) in [6.45, 7) is 0.322. The highest BCUT2D eigenvalue weighted by molar-refractivity contribution is 7.87. The fourth-order valence-corrected chi connectivity index (χ4v) is 2.81. The van der Waals surface area contributed by atoms with Gasteiger partial charge in [-0.05, 0) is 12.1 Å². The van der Waals surface area contributed by atoms with E-state index in [0.717, 1.165) is 16.3 Å². The number of nitrogens with zero attached hydrogens (tertiary/aromatic N) is 2. The molecule has 0 radical (unpaired) electrons. The minimum absolute atomic E-state index is 0.322. The molecule has 8 heteroatoms. The second-order valence-electron chi connectivity index (χ2n) is 3.73. The summed E-state index contributed by atoms with van der Waals surface area (Å²) < 4.78 is 27.0. The lowest BCUT2D eigenvalue weighted by atomic mass is 10.3. The quantitative estimate of drug-likeness (QED) is 0.826. The number of pyridine rings is 1. The lowest BCUT2D eigenvalue weighted by Gasteiger charge is -2.02. The molecule has 6 nitrogen and oxygen atoms in total. The van der Waals surface area contributed by atoms with Gasteiger partial charge in [-0.2, -0.15) is 8.42 Å². The monoisotopic (exact) mass is 298 g/mol. The SMILES string of the molecule is CNS(=O)(=O)NCCc1csc(-c2ccncc2)n1. The molecule has 0 aliphatic rings. The van der Waals surface area contributed by atoms with Crippen molar-refractivity contribution < 1.29 is 8.42 Å². The first-order valence-corrected chi connectivity index (χ1v) is 8.00. The van der Waals surface area contributed by atoms with E-state index in [1.165, 1.54) is 18.4 Å². The van der Waals surface area contributed by atoms with Crippen LogP contribution < -0.4 is 9.44 Å². The van der Waals surface area contributed by atoms with Crippen LogP contribution in [0.3, 0.4) is 0 Å². The normalized spacial score (nSPS) is 11.6. The average Bonchev–Trinajstić information content (AvgIpc) is 2.88. The van der Waals surface area contributed by atoms with E-state index in [9.17, 15) is 8.42 Å². The van der Waals surface area contributed by atoms with Gasteiger partial charge in [0.2, 0.25) is 0 Å². The number of hydrogen-bond donors (Lipinski definition) is 2. The predicted molar refractivity (Wildman–Crippen MR) is 75.0 cm³/mol. The molecule has 0 spiro atoms. The van der Waals surface area contributed by atoms with Crippen LogP contribution in [0.4, 0.5) is 0 Å². The molecule has 2 aromatic heterocycles. The molecule has 0 unspecified atom stereocenters. The van der Waals surface area contributed by atoms with Gasteiger partial charge in [0.15, 0.2) is 0 Å². The highest BCUT2D eigenvalue weighted by Crippen LogP contribution is 2.22. The summed E-state index contributed by atoms with van der Waals surface area (Å²) in [6, 6.07) is 3.79. The summed E-state index contributed by atoms with van der Waals surface area (Å²) >= 11 is 1.53. The fraction of sp³-hybridized carbons (Fsp3) is 0.273. The first-order valence-electron chi connectivity index (χ1n) is 5.63. The average molecular weight is 298 g/mol. The first kappa shape index (κ1) is 14.1. The Morgan fingerprint density at radius 2 is 2.05 bits per heavy atom. The van der Waals surface area contributed by atoms with Gasteiger partial charge in [0.25, 0.3) is 10.2 Å². The van der Waals surface area contributed by atoms with E-state index < -0.39 is 10.2 Å². The van der Waals surface area contributed by atoms with E-state index in [1.54, 1.807) is 12.4 Å². The topological polar surface area (TPSA) is 84.0 Å². The van der Waals surface area contributed by atoms with Gasteiger partial charge in [-0.25, -0.2) is 14.4 Å². The van der Waals surface area contributed by atoms with Crippen LogP contribution in [0, 0.1) is 0 Å². The van der Waals surface area contributed by atoms with Crippen LogP contribution in [0.15, 0.2) is 29.9 Å². The van der Waals surface area contributed by atoms with Crippen molar-refractivity contribution in [2.45, 2.75) is 6.42 Å². The summed E-state index contributed by atoms with van der Waals surface area (Å²) in [6.07, 6.45) is 4.00. The molecule has 0 aliphatic heterocycles. The van der Waals surface area contributed by atoms with Gasteiger partial charge in [-0.1, -0.05) is 0 Å². The number of thiazole rings is 1. The summed E-state index contributed by atoms with van der Waals surface area (Å²) in [7, 11) is -2.00. The van der Waals surface area contributed by atoms with Crippen molar-refractivity contribution >= 4 is 21.5 Å². The van der Waals surface area contributed by atoms with Crippen molar-refractivity contribution in [1.29, 1.82) is 0 Å². The van der Waals surface area contributed by atoms with Crippen LogP contribution in [-0.4, -0.2) is 32.0 Å². The van der Waals surface area contributed by atoms with Gasteiger partial charge in [-0.3, -0.25) is 4.98 Å². The molecule has 0 saturated heterocycles. The summed E-state index contributed by atoms with van der Waals surface area (Å²) in [5.41, 5.74) is 1.89. The van der Waals surface area contributed by atoms with Gasteiger partial charge < -0.3 is 0 Å². The maximum atomic E-state index is 11.2. The van der Waals surface area contributed by atoms with Gasteiger partial charge in [-0.15, -0.1) is 11.3 Å². The van der Waals surface area contributed by atoms with Crippen LogP contribution in [0.1, 0.15) is 5.69 Å². The Bertz CT molecular complexity index is 625. The number of rotatable bonds is 6. The predicted octanol–water partition coefficient (Wildman–Crippen LogP) is 0.801. The van der Waals surface area contributed by atoms with Gasteiger partial charge in [0.1, 0.15) is 5.01 Å². The maximum absolute atomic E-state index is 11.2. The number of aromatic nitrogens is 2. The summed E-state index contributed by atoms with van der Waals surface area (Å²) in [5.74, 6) is 0. The lowest BCUT2D eigenvalue weighted by Crippen LogP contribution is -2.35. The fourth-order valence-electron chi connectivity index (χ4n) is 1.43. The van der Waals surface area contributed by atoms with Crippen molar-refractivity contribution in [3.63, 3.8) is 0 Å². The molecular weight excluding hydrogens is 284 g/mol. The molecule has 2 heterocycles. The molecule has 0 bridgehead atoms. The Hall–Kier alpha value is -1.35. The molecule has 102 valence electrons. The Morgan fingerprint density at radius 3 is 2.74 bits per heavy atom. The van der Waals surface area contributed by atoms with Crippen molar-refractivity contribution in [3.05, 3.63) is 35.6 Å². The van der Waals surface area contributed by atoms with E-state index in [1.807, 2.05) is 17.5 Å². The van der Waals surface area contributed by atoms with Crippen molar-refractivity contribution in [1.82, 2.24) is 19.4 Å². The molecule has 0 fully saturated rings. The Balaban J connectivity index is 1.95. The third-order valence-corrected chi connectivity index (χ3v) is 4.48. The first-order chi connectivity index (χ1) is 9.11. The minimum Gasteiger partial charge on any atom is -0.265 e. The van der Waals surface area contributed by atoms with E-state index in [2.05, 4.69) is 19.4 Å². The third kappa shape index (κ3) is 4.06. The van der Waals surface area contributed by atoms with Crippen molar-refractivity contribution in [3.8, 4) is 10.6 Å². The maximum Gasteiger partial charge on any atom is 0.276 e. The van der Waals surface area contributed by atoms with Crippen molar-refractivity contribution in [2.24, 2.45) is 0 Å². The second-order valence-corrected chi connectivity index (χ2v) is 6.29. The summed E-state index contributed by atoms with van der Waals surface area (Å²) in [4.78, 5) is 8.42. The second kappa shape index (κ2) is 6.20. The molecule has 2 rings (SSSR count). The Kier molecular flexibility index (Phi) is 4.59. The molecule has 2 aromatic rings. The lowest BCUT2D eigenvalue weighted by molar-refractivity contribution is 0.573. The molecule has 0 aromatic carbocycles. The molecule has 0 saturated carbocycles. The van der Waals surface area contributed by atoms with Crippen LogP contribution in [0.5, 0.6) is 0 Å². The number of nitrogens with one attached hydrogen (secondary N) is 2. The molecule has 2 N–H and O–H groups in total. The zero-order chi connectivity index (χ0) is 13.7. The molecule has 19 heavy (non-hydrogen) atoms. The molecule has 0 atom stereocenters. The van der Waals surface area contributed by atoms with Crippen LogP contribution >= 0.6 is 11.3 Å². The van der Waals surface area contributed by atoms with E-state index >= 15 is 0 Å². The molecular formula is C11H14N4O2S2.